The van der Waals surface area contributed by atoms with Crippen LogP contribution in [-0.4, -0.2) is 16.5 Å². The van der Waals surface area contributed by atoms with Gasteiger partial charge in [0.2, 0.25) is 6.33 Å². The molecule has 0 saturated carbocycles. The number of hydrogen-bond donors (Lipinski definition) is 0. The molecule has 0 fully saturated rings. The van der Waals surface area contributed by atoms with Gasteiger partial charge in [-0.3, -0.25) is 0 Å². The van der Waals surface area contributed by atoms with Gasteiger partial charge in [0.25, 0.3) is 6.33 Å². The second-order valence-electron chi connectivity index (χ2n) is 4.91. The average Bonchev–Trinajstić information content (AvgIpc) is 2.81. The maximum Gasteiger partial charge on any atom is 0.265 e. The summed E-state index contributed by atoms with van der Waals surface area (Å²) in [4.78, 5) is 0. The van der Waals surface area contributed by atoms with Crippen LogP contribution in [0.2, 0.25) is 0 Å². The smallest absolute Gasteiger partial charge is 0.265 e. The van der Waals surface area contributed by atoms with Gasteiger partial charge in [-0.05, 0) is 6.42 Å². The highest BCUT2D eigenvalue weighted by atomic mass is 79.9. The molecule has 0 saturated heterocycles. The zero-order valence-electron chi connectivity index (χ0n) is 12.0. The van der Waals surface area contributed by atoms with Crippen LogP contribution in [0.15, 0.2) is 12.7 Å². The Morgan fingerprint density at radius 2 is 1.68 bits per heavy atom. The van der Waals surface area contributed by atoms with Crippen LogP contribution in [0, 0.1) is 0 Å². The lowest BCUT2D eigenvalue weighted by molar-refractivity contribution is -0.697. The minimum absolute atomic E-state index is 0. The van der Waals surface area contributed by atoms with Crippen molar-refractivity contribution in [3.8, 4) is 0 Å². The van der Waals surface area contributed by atoms with Crippen molar-refractivity contribution in [1.29, 1.82) is 0 Å². The minimum Gasteiger partial charge on any atom is -1.00 e. The summed E-state index contributed by atoms with van der Waals surface area (Å²) in [6.07, 6.45) is 14.2. The second-order valence-corrected chi connectivity index (χ2v) is 4.91. The van der Waals surface area contributed by atoms with E-state index in [9.17, 15) is 4.39 Å². The maximum atomic E-state index is 12.1. The first-order valence-corrected chi connectivity index (χ1v) is 7.34. The summed E-state index contributed by atoms with van der Waals surface area (Å²) in [6, 6.07) is 0. The van der Waals surface area contributed by atoms with E-state index >= 15 is 0 Å². The predicted molar refractivity (Wildman–Crippen MR) is 71.0 cm³/mol. The predicted octanol–water partition coefficient (Wildman–Crippen LogP) is 0.285. The van der Waals surface area contributed by atoms with E-state index in [0.29, 0.717) is 6.54 Å². The van der Waals surface area contributed by atoms with Crippen LogP contribution >= 0.6 is 0 Å². The summed E-state index contributed by atoms with van der Waals surface area (Å²) in [7, 11) is 0. The molecule has 0 spiro atoms. The van der Waals surface area contributed by atoms with Gasteiger partial charge in [0.15, 0.2) is 0 Å². The van der Waals surface area contributed by atoms with Crippen molar-refractivity contribution in [2.24, 2.45) is 0 Å². The van der Waals surface area contributed by atoms with Crippen LogP contribution in [-0.2, 0) is 13.1 Å². The third-order valence-electron chi connectivity index (χ3n) is 3.21. The van der Waals surface area contributed by atoms with Crippen molar-refractivity contribution < 1.29 is 25.9 Å². The lowest BCUT2D eigenvalue weighted by Gasteiger charge is -1.99. The van der Waals surface area contributed by atoms with Crippen molar-refractivity contribution in [2.75, 3.05) is 6.67 Å². The van der Waals surface area contributed by atoms with E-state index in [-0.39, 0.29) is 23.7 Å². The van der Waals surface area contributed by atoms with Gasteiger partial charge in [-0.1, -0.05) is 51.9 Å². The van der Waals surface area contributed by atoms with Gasteiger partial charge >= 0.3 is 0 Å². The van der Waals surface area contributed by atoms with Crippen LogP contribution < -0.4 is 21.5 Å². The highest BCUT2D eigenvalue weighted by Gasteiger charge is 2.04. The Labute approximate surface area is 127 Å². The number of nitrogens with zero attached hydrogens (tertiary/aromatic N) is 3. The SMILES string of the molecule is CCCCCCCCCCn1c[n+](CCF)cn1.[Br-]. The van der Waals surface area contributed by atoms with Crippen molar-refractivity contribution in [1.82, 2.24) is 9.78 Å². The third-order valence-corrected chi connectivity index (χ3v) is 3.21. The van der Waals surface area contributed by atoms with E-state index in [1.54, 1.807) is 10.9 Å². The third kappa shape index (κ3) is 9.14. The Hall–Kier alpha value is -0.450. The van der Waals surface area contributed by atoms with Gasteiger partial charge in [-0.25, -0.2) is 8.96 Å². The van der Waals surface area contributed by atoms with Crippen LogP contribution in [0.4, 0.5) is 4.39 Å². The topological polar surface area (TPSA) is 21.7 Å². The Kier molecular flexibility index (Phi) is 12.3. The fraction of sp³-hybridized carbons (Fsp3) is 0.857. The molecular formula is C14H27BrFN3. The molecule has 1 aromatic heterocycles. The van der Waals surface area contributed by atoms with E-state index < -0.39 is 0 Å². The summed E-state index contributed by atoms with van der Waals surface area (Å²) in [5.41, 5.74) is 0. The highest BCUT2D eigenvalue weighted by molar-refractivity contribution is 4.49. The largest absolute Gasteiger partial charge is 1.00 e. The summed E-state index contributed by atoms with van der Waals surface area (Å²) in [5.74, 6) is 0. The maximum absolute atomic E-state index is 12.1. The average molecular weight is 336 g/mol. The van der Waals surface area contributed by atoms with Crippen molar-refractivity contribution in [3.05, 3.63) is 12.7 Å². The first kappa shape index (κ1) is 18.6. The molecule has 0 radical (unpaired) electrons. The van der Waals surface area contributed by atoms with Crippen LogP contribution in [0.5, 0.6) is 0 Å². The molecule has 0 aliphatic rings. The van der Waals surface area contributed by atoms with Crippen LogP contribution in [0.1, 0.15) is 58.3 Å². The first-order valence-electron chi connectivity index (χ1n) is 7.34. The van der Waals surface area contributed by atoms with Gasteiger partial charge in [0.05, 0.1) is 6.54 Å². The molecule has 3 nitrogen and oxygen atoms in total. The molecule has 0 aliphatic heterocycles. The highest BCUT2D eigenvalue weighted by Crippen LogP contribution is 2.08. The Morgan fingerprint density at radius 3 is 2.32 bits per heavy atom. The Bertz CT molecular complexity index is 305. The number of rotatable bonds is 11. The molecule has 1 heterocycles. The molecule has 1 aromatic rings. The number of aromatic nitrogens is 3. The van der Waals surface area contributed by atoms with Crippen molar-refractivity contribution >= 4 is 0 Å². The quantitative estimate of drug-likeness (QED) is 0.420. The molecule has 5 heteroatoms. The summed E-state index contributed by atoms with van der Waals surface area (Å²) >= 11 is 0. The molecule has 0 unspecified atom stereocenters. The molecule has 0 N–H and O–H groups in total. The number of alkyl halides is 1. The number of hydrogen-bond acceptors (Lipinski definition) is 1. The van der Waals surface area contributed by atoms with Crippen molar-refractivity contribution in [2.45, 2.75) is 71.4 Å². The van der Waals surface area contributed by atoms with E-state index in [4.69, 9.17) is 0 Å². The van der Waals surface area contributed by atoms with E-state index in [0.717, 1.165) is 6.54 Å². The lowest BCUT2D eigenvalue weighted by Crippen LogP contribution is -3.00. The van der Waals surface area contributed by atoms with Crippen molar-refractivity contribution in [3.63, 3.8) is 0 Å². The molecule has 19 heavy (non-hydrogen) atoms. The fourth-order valence-electron chi connectivity index (χ4n) is 2.10. The van der Waals surface area contributed by atoms with Gasteiger partial charge in [0.1, 0.15) is 13.2 Å². The standard InChI is InChI=1S/C14H27FN3.BrH/c1-2-3-4-5-6-7-8-9-11-18-14-17(12-10-15)13-16-18;/h13-14H,2-12H2,1H3;1H/q+1;/p-1. The molecule has 112 valence electrons. The monoisotopic (exact) mass is 335 g/mol. The van der Waals surface area contributed by atoms with Crippen LogP contribution in [0.3, 0.4) is 0 Å². The molecular weight excluding hydrogens is 309 g/mol. The number of aryl methyl sites for hydroxylation is 2. The molecule has 1 rings (SSSR count). The summed E-state index contributed by atoms with van der Waals surface area (Å²) in [6.45, 7) is 3.29. The summed E-state index contributed by atoms with van der Waals surface area (Å²) in [5, 5.41) is 4.21. The van der Waals surface area contributed by atoms with Gasteiger partial charge in [0, 0.05) is 5.10 Å². The molecule has 0 aliphatic carbocycles. The van der Waals surface area contributed by atoms with Crippen LogP contribution in [0.25, 0.3) is 0 Å². The molecule has 0 bridgehead atoms. The zero-order chi connectivity index (χ0) is 13.1. The zero-order valence-corrected chi connectivity index (χ0v) is 13.6. The van der Waals surface area contributed by atoms with E-state index in [1.807, 2.05) is 11.0 Å². The lowest BCUT2D eigenvalue weighted by atomic mass is 10.1. The van der Waals surface area contributed by atoms with Gasteiger partial charge in [-0.15, -0.1) is 4.68 Å². The summed E-state index contributed by atoms with van der Waals surface area (Å²) < 4.78 is 15.8. The molecule has 0 aromatic carbocycles. The fourth-order valence-corrected chi connectivity index (χ4v) is 2.10. The van der Waals surface area contributed by atoms with E-state index in [1.165, 1.54) is 51.4 Å². The number of unbranched alkanes of at least 4 members (excludes halogenated alkanes) is 7. The van der Waals surface area contributed by atoms with E-state index in [2.05, 4.69) is 12.0 Å². The second kappa shape index (κ2) is 12.6. The molecule has 0 amide bonds. The minimum atomic E-state index is -0.325. The van der Waals surface area contributed by atoms with Gasteiger partial charge in [-0.2, -0.15) is 0 Å². The number of halogens is 2. The molecule has 0 atom stereocenters. The Balaban J connectivity index is 0.00000324. The normalized spacial score (nSPS) is 10.4. The van der Waals surface area contributed by atoms with Gasteiger partial charge < -0.3 is 17.0 Å². The first-order chi connectivity index (χ1) is 8.86. The Morgan fingerprint density at radius 1 is 1.05 bits per heavy atom.